The Balaban J connectivity index is 1.75. The Hall–Kier alpha value is -3.43. The van der Waals surface area contributed by atoms with Crippen molar-refractivity contribution >= 4 is 11.6 Å². The molecular formula is C16H10F3N3O4. The van der Waals surface area contributed by atoms with Crippen molar-refractivity contribution in [1.29, 1.82) is 0 Å². The van der Waals surface area contributed by atoms with Crippen LogP contribution in [0.3, 0.4) is 0 Å². The minimum atomic E-state index is -4.52. The van der Waals surface area contributed by atoms with Crippen molar-refractivity contribution in [2.45, 2.75) is 12.6 Å². The van der Waals surface area contributed by atoms with E-state index in [1.807, 2.05) is 0 Å². The van der Waals surface area contributed by atoms with Crippen LogP contribution in [0.25, 0.3) is 0 Å². The fourth-order valence-electron chi connectivity index (χ4n) is 2.09. The molecule has 26 heavy (non-hydrogen) atoms. The van der Waals surface area contributed by atoms with E-state index in [4.69, 9.17) is 9.15 Å². The molecule has 3 rings (SSSR count). The van der Waals surface area contributed by atoms with E-state index in [0.29, 0.717) is 0 Å². The maximum atomic E-state index is 12.7. The topological polar surface area (TPSA) is 98.1 Å². The fraction of sp³-hybridized carbons (Fsp3) is 0.125. The number of benzene rings is 1. The van der Waals surface area contributed by atoms with Gasteiger partial charge in [0.05, 0.1) is 11.8 Å². The highest BCUT2D eigenvalue weighted by atomic mass is 19.4. The van der Waals surface area contributed by atoms with E-state index < -0.39 is 23.3 Å². The summed E-state index contributed by atoms with van der Waals surface area (Å²) < 4.78 is 48.6. The number of Topliss-reactive ketones (excluding diaryl/α,β-unsaturated/α-hetero) is 2. The highest BCUT2D eigenvalue weighted by Crippen LogP contribution is 2.33. The summed E-state index contributed by atoms with van der Waals surface area (Å²) in [6, 6.07) is 5.57. The van der Waals surface area contributed by atoms with Crippen molar-refractivity contribution in [2.24, 2.45) is 0 Å². The lowest BCUT2D eigenvalue weighted by atomic mass is 10.1. The van der Waals surface area contributed by atoms with Crippen LogP contribution in [-0.2, 0) is 17.4 Å². The van der Waals surface area contributed by atoms with Gasteiger partial charge in [0.2, 0.25) is 5.78 Å². The number of ether oxygens (including phenoxy) is 1. The molecule has 0 bridgehead atoms. The van der Waals surface area contributed by atoms with Gasteiger partial charge in [-0.15, -0.1) is 0 Å². The Morgan fingerprint density at radius 3 is 2.73 bits per heavy atom. The second kappa shape index (κ2) is 6.82. The molecule has 1 N–H and O–H groups in total. The van der Waals surface area contributed by atoms with Gasteiger partial charge in [0, 0.05) is 12.0 Å². The molecule has 1 aromatic carbocycles. The number of nitrogens with one attached hydrogen (secondary N) is 1. The number of halogens is 3. The van der Waals surface area contributed by atoms with E-state index in [0.717, 1.165) is 18.5 Å². The minimum absolute atomic E-state index is 0.120. The lowest BCUT2D eigenvalue weighted by molar-refractivity contribution is -0.137. The second-order valence-corrected chi connectivity index (χ2v) is 5.12. The SMILES string of the molecule is O=C(Cc1ccoc1Oc1cccc(C(F)(F)F)c1)C(=O)c1ncn[nH]1. The van der Waals surface area contributed by atoms with Gasteiger partial charge in [0.1, 0.15) is 12.1 Å². The maximum absolute atomic E-state index is 12.7. The van der Waals surface area contributed by atoms with Gasteiger partial charge in [0.15, 0.2) is 5.82 Å². The Bertz CT molecular complexity index is 932. The summed E-state index contributed by atoms with van der Waals surface area (Å²) in [5.41, 5.74) is -0.681. The van der Waals surface area contributed by atoms with E-state index in [9.17, 15) is 22.8 Å². The van der Waals surface area contributed by atoms with Crippen molar-refractivity contribution in [3.63, 3.8) is 0 Å². The van der Waals surface area contributed by atoms with Crippen LogP contribution in [-0.4, -0.2) is 26.7 Å². The lowest BCUT2D eigenvalue weighted by Crippen LogP contribution is -2.18. The number of aromatic amines is 1. The first kappa shape index (κ1) is 17.4. The van der Waals surface area contributed by atoms with Crippen molar-refractivity contribution in [3.05, 3.63) is 59.9 Å². The first-order valence-electron chi connectivity index (χ1n) is 7.19. The largest absolute Gasteiger partial charge is 0.434 e. The fourth-order valence-corrected chi connectivity index (χ4v) is 2.09. The number of aromatic nitrogens is 3. The van der Waals surface area contributed by atoms with Crippen LogP contribution in [0.4, 0.5) is 13.2 Å². The normalized spacial score (nSPS) is 11.3. The Kier molecular flexibility index (Phi) is 4.57. The smallest absolute Gasteiger partial charge is 0.416 e. The molecule has 2 heterocycles. The number of H-pyrrole nitrogens is 1. The van der Waals surface area contributed by atoms with Crippen LogP contribution < -0.4 is 4.74 Å². The molecule has 10 heteroatoms. The van der Waals surface area contributed by atoms with Gasteiger partial charge in [-0.3, -0.25) is 14.7 Å². The number of rotatable bonds is 6. The van der Waals surface area contributed by atoms with Crippen molar-refractivity contribution in [1.82, 2.24) is 15.2 Å². The third-order valence-electron chi connectivity index (χ3n) is 3.31. The Morgan fingerprint density at radius 2 is 2.04 bits per heavy atom. The van der Waals surface area contributed by atoms with Crippen LogP contribution in [0.5, 0.6) is 11.7 Å². The summed E-state index contributed by atoms with van der Waals surface area (Å²) >= 11 is 0. The van der Waals surface area contributed by atoms with Crippen molar-refractivity contribution in [3.8, 4) is 11.7 Å². The first-order valence-corrected chi connectivity index (χ1v) is 7.19. The molecule has 0 spiro atoms. The molecule has 0 unspecified atom stereocenters. The molecule has 0 saturated heterocycles. The van der Waals surface area contributed by atoms with E-state index in [1.54, 1.807) is 0 Å². The molecule has 134 valence electrons. The van der Waals surface area contributed by atoms with E-state index in [-0.39, 0.29) is 29.5 Å². The Morgan fingerprint density at radius 1 is 1.23 bits per heavy atom. The van der Waals surface area contributed by atoms with Gasteiger partial charge < -0.3 is 9.15 Å². The molecule has 0 aliphatic rings. The number of hydrogen-bond donors (Lipinski definition) is 1. The summed E-state index contributed by atoms with van der Waals surface area (Å²) in [6.07, 6.45) is -2.61. The number of ketones is 2. The number of furan rings is 1. The summed E-state index contributed by atoms with van der Waals surface area (Å²) in [6.45, 7) is 0. The third-order valence-corrected chi connectivity index (χ3v) is 3.31. The first-order chi connectivity index (χ1) is 12.3. The minimum Gasteiger partial charge on any atom is -0.434 e. The molecule has 0 radical (unpaired) electrons. The van der Waals surface area contributed by atoms with Crippen LogP contribution in [0.2, 0.25) is 0 Å². The molecule has 0 aliphatic carbocycles. The highest BCUT2D eigenvalue weighted by Gasteiger charge is 2.31. The van der Waals surface area contributed by atoms with E-state index in [2.05, 4.69) is 15.2 Å². The molecule has 7 nitrogen and oxygen atoms in total. The maximum Gasteiger partial charge on any atom is 0.416 e. The standard InChI is InChI=1S/C16H10F3N3O4/c17-16(18,19)10-2-1-3-11(7-10)26-15-9(4-5-25-15)6-12(23)13(24)14-20-8-21-22-14/h1-5,7-8H,6H2,(H,20,21,22). The van der Waals surface area contributed by atoms with Gasteiger partial charge in [-0.25, -0.2) is 4.98 Å². The zero-order valence-corrected chi connectivity index (χ0v) is 12.9. The summed E-state index contributed by atoms with van der Waals surface area (Å²) in [5.74, 6) is -2.20. The number of nitrogens with zero attached hydrogens (tertiary/aromatic N) is 2. The van der Waals surface area contributed by atoms with Crippen LogP contribution in [0.15, 0.2) is 47.3 Å². The van der Waals surface area contributed by atoms with Crippen LogP contribution in [0.1, 0.15) is 21.7 Å². The number of alkyl halides is 3. The molecule has 3 aromatic rings. The van der Waals surface area contributed by atoms with Gasteiger partial charge >= 0.3 is 6.18 Å². The molecular weight excluding hydrogens is 355 g/mol. The molecule has 2 aromatic heterocycles. The van der Waals surface area contributed by atoms with Crippen molar-refractivity contribution in [2.75, 3.05) is 0 Å². The zero-order chi connectivity index (χ0) is 18.7. The lowest BCUT2D eigenvalue weighted by Gasteiger charge is -2.09. The van der Waals surface area contributed by atoms with Gasteiger partial charge in [-0.2, -0.15) is 18.3 Å². The highest BCUT2D eigenvalue weighted by molar-refractivity contribution is 6.43. The monoisotopic (exact) mass is 365 g/mol. The predicted octanol–water partition coefficient (Wildman–Crippen LogP) is 3.20. The van der Waals surface area contributed by atoms with Gasteiger partial charge in [0.25, 0.3) is 11.7 Å². The second-order valence-electron chi connectivity index (χ2n) is 5.12. The summed E-state index contributed by atoms with van der Waals surface area (Å²) in [7, 11) is 0. The van der Waals surface area contributed by atoms with Crippen molar-refractivity contribution < 1.29 is 31.9 Å². The number of hydrogen-bond acceptors (Lipinski definition) is 6. The molecule has 0 atom stereocenters. The third kappa shape index (κ3) is 3.79. The van der Waals surface area contributed by atoms with Gasteiger partial charge in [-0.05, 0) is 24.3 Å². The summed E-state index contributed by atoms with van der Waals surface area (Å²) in [4.78, 5) is 27.5. The Labute approximate surface area is 143 Å². The number of carbonyl (C=O) groups excluding carboxylic acids is 2. The molecule has 0 fully saturated rings. The molecule has 0 aliphatic heterocycles. The number of carbonyl (C=O) groups is 2. The molecule has 0 amide bonds. The van der Waals surface area contributed by atoms with Crippen LogP contribution in [0, 0.1) is 0 Å². The predicted molar refractivity (Wildman–Crippen MR) is 79.7 cm³/mol. The van der Waals surface area contributed by atoms with E-state index >= 15 is 0 Å². The van der Waals surface area contributed by atoms with Crippen LogP contribution >= 0.6 is 0 Å². The average molecular weight is 365 g/mol. The quantitative estimate of drug-likeness (QED) is 0.532. The van der Waals surface area contributed by atoms with E-state index in [1.165, 1.54) is 24.5 Å². The summed E-state index contributed by atoms with van der Waals surface area (Å²) in [5, 5.41) is 5.76. The zero-order valence-electron chi connectivity index (χ0n) is 12.9. The van der Waals surface area contributed by atoms with Gasteiger partial charge in [-0.1, -0.05) is 6.07 Å². The molecule has 0 saturated carbocycles. The average Bonchev–Trinajstić information content (AvgIpc) is 3.26.